The van der Waals surface area contributed by atoms with Crippen LogP contribution in [0.15, 0.2) is 0 Å². The maximum Gasteiger partial charge on any atom is 0.318 e. The highest BCUT2D eigenvalue weighted by Gasteiger charge is 2.36. The predicted octanol–water partition coefficient (Wildman–Crippen LogP) is 1.24. The molecular weight excluding hydrogens is 284 g/mol. The van der Waals surface area contributed by atoms with Crippen molar-refractivity contribution in [1.29, 1.82) is 0 Å². The number of carbonyl (C=O) groups is 1. The van der Waals surface area contributed by atoms with Gasteiger partial charge in [-0.25, -0.2) is 0 Å². The fourth-order valence-corrected chi connectivity index (χ4v) is 4.91. The van der Waals surface area contributed by atoms with Gasteiger partial charge >= 0.3 is 5.97 Å². The summed E-state index contributed by atoms with van der Waals surface area (Å²) in [5.74, 6) is -0.589. The highest BCUT2D eigenvalue weighted by atomic mass is 33.5. The summed E-state index contributed by atoms with van der Waals surface area (Å²) in [5.41, 5.74) is 0. The van der Waals surface area contributed by atoms with Gasteiger partial charge in [-0.3, -0.25) is 4.79 Å². The molecule has 102 valence electrons. The van der Waals surface area contributed by atoms with Gasteiger partial charge in [-0.1, -0.05) is 24.6 Å². The van der Waals surface area contributed by atoms with Crippen molar-refractivity contribution in [3.8, 4) is 0 Å². The summed E-state index contributed by atoms with van der Waals surface area (Å²) in [6.45, 7) is 2.79. The summed E-state index contributed by atoms with van der Waals surface area (Å²) in [6, 6.07) is 0. The van der Waals surface area contributed by atoms with E-state index in [9.17, 15) is 15.0 Å². The third kappa shape index (κ3) is 5.71. The lowest BCUT2D eigenvalue weighted by atomic mass is 9.95. The van der Waals surface area contributed by atoms with Crippen LogP contribution in [0.5, 0.6) is 0 Å². The zero-order valence-electron chi connectivity index (χ0n) is 9.79. The molecule has 0 saturated carbocycles. The molecule has 1 atom stereocenters. The van der Waals surface area contributed by atoms with Crippen molar-refractivity contribution in [3.05, 3.63) is 0 Å². The predicted molar refractivity (Wildman–Crippen MR) is 72.3 cm³/mol. The maximum absolute atomic E-state index is 10.9. The second-order valence-electron chi connectivity index (χ2n) is 3.49. The number of aliphatic hydroxyl groups is 3. The minimum absolute atomic E-state index is 0.131. The lowest BCUT2D eigenvalue weighted by Crippen LogP contribution is -2.41. The summed E-state index contributed by atoms with van der Waals surface area (Å²) in [4.78, 5) is 10.9. The number of aliphatic hydroxyl groups excluding tert-OH is 3. The number of rotatable bonds is 9. The molecule has 0 rings (SSSR count). The van der Waals surface area contributed by atoms with Crippen LogP contribution in [0.2, 0.25) is 0 Å². The first-order valence-corrected chi connectivity index (χ1v) is 8.51. The molecule has 0 aromatic heterocycles. The van der Waals surface area contributed by atoms with Gasteiger partial charge in [0.05, 0.1) is 18.0 Å². The second-order valence-corrected chi connectivity index (χ2v) is 7.45. The Hall–Kier alpha value is 0.400. The van der Waals surface area contributed by atoms with Crippen LogP contribution in [0, 0.1) is 5.92 Å². The Morgan fingerprint density at radius 1 is 1.35 bits per heavy atom. The van der Waals surface area contributed by atoms with Gasteiger partial charge < -0.3 is 19.5 Å². The van der Waals surface area contributed by atoms with E-state index < -0.39 is 4.75 Å². The molecule has 3 N–H and O–H groups in total. The minimum Gasteiger partial charge on any atom is -0.396 e. The molecule has 0 aromatic rings. The van der Waals surface area contributed by atoms with Crippen LogP contribution < -0.4 is 0 Å². The van der Waals surface area contributed by atoms with Gasteiger partial charge in [-0.15, -0.1) is 0 Å². The molecule has 0 fully saturated rings. The summed E-state index contributed by atoms with van der Waals surface area (Å²) < 4.78 is 3.94. The molecular formula is C9H18O5S3. The van der Waals surface area contributed by atoms with Gasteiger partial charge in [0.2, 0.25) is 0 Å². The average Bonchev–Trinajstić information content (AvgIpc) is 2.38. The molecule has 0 aromatic carbocycles. The molecule has 0 radical (unpaired) electrons. The number of carbonyl (C=O) groups excluding carboxylic acids is 1. The molecule has 5 nitrogen and oxygen atoms in total. The van der Waals surface area contributed by atoms with Gasteiger partial charge in [-0.05, 0) is 5.92 Å². The molecule has 0 amide bonds. The van der Waals surface area contributed by atoms with E-state index in [2.05, 4.69) is 0 Å². The van der Waals surface area contributed by atoms with E-state index >= 15 is 0 Å². The highest BCUT2D eigenvalue weighted by Crippen LogP contribution is 2.47. The number of hydrogen-bond acceptors (Lipinski definition) is 8. The van der Waals surface area contributed by atoms with Crippen molar-refractivity contribution < 1.29 is 24.3 Å². The zero-order valence-corrected chi connectivity index (χ0v) is 12.2. The summed E-state index contributed by atoms with van der Waals surface area (Å²) in [5, 5.41) is 27.7. The molecule has 0 bridgehead atoms. The van der Waals surface area contributed by atoms with E-state index in [1.807, 2.05) is 0 Å². The van der Waals surface area contributed by atoms with Crippen LogP contribution in [-0.2, 0) is 8.98 Å². The van der Waals surface area contributed by atoms with Gasteiger partial charge in [0.15, 0.2) is 0 Å². The minimum atomic E-state index is -0.842. The molecule has 0 saturated heterocycles. The third-order valence-corrected chi connectivity index (χ3v) is 6.40. The largest absolute Gasteiger partial charge is 0.396 e. The van der Waals surface area contributed by atoms with Crippen LogP contribution in [0.25, 0.3) is 0 Å². The Morgan fingerprint density at radius 3 is 2.35 bits per heavy atom. The molecule has 0 spiro atoms. The van der Waals surface area contributed by atoms with Gasteiger partial charge in [0.1, 0.15) is 11.1 Å². The lowest BCUT2D eigenvalue weighted by Gasteiger charge is -2.32. The Balaban J connectivity index is 4.13. The Kier molecular flexibility index (Phi) is 9.57. The van der Waals surface area contributed by atoms with E-state index in [-0.39, 0.29) is 31.7 Å². The van der Waals surface area contributed by atoms with Crippen molar-refractivity contribution in [1.82, 2.24) is 0 Å². The molecule has 0 heterocycles. The van der Waals surface area contributed by atoms with Crippen LogP contribution in [0.3, 0.4) is 0 Å². The summed E-state index contributed by atoms with van der Waals surface area (Å²) in [6.07, 6.45) is 0.302. The Morgan fingerprint density at radius 2 is 1.94 bits per heavy atom. The third-order valence-electron chi connectivity index (χ3n) is 2.35. The highest BCUT2D eigenvalue weighted by molar-refractivity contribution is 9.08. The second kappa shape index (κ2) is 9.35. The fourth-order valence-electron chi connectivity index (χ4n) is 0.855. The molecule has 0 aliphatic heterocycles. The topological polar surface area (TPSA) is 87.0 Å². The van der Waals surface area contributed by atoms with Crippen LogP contribution in [0.1, 0.15) is 20.3 Å². The van der Waals surface area contributed by atoms with Gasteiger partial charge in [-0.2, -0.15) is 0 Å². The smallest absolute Gasteiger partial charge is 0.318 e. The SMILES string of the molecule is CCC(=O)OSSSC(CO)(CO)C(C)CO. The summed E-state index contributed by atoms with van der Waals surface area (Å²) in [7, 11) is 2.35. The van der Waals surface area contributed by atoms with Crippen molar-refractivity contribution in [2.75, 3.05) is 19.8 Å². The van der Waals surface area contributed by atoms with Crippen LogP contribution in [-0.4, -0.2) is 45.9 Å². The first kappa shape index (κ1) is 17.4. The Bertz CT molecular complexity index is 223. The molecule has 17 heavy (non-hydrogen) atoms. The standard InChI is InChI=1S/C9H18O5S3/c1-3-8(13)14-16-17-15-9(5-11,6-12)7(2)4-10/h7,10-12H,3-6H2,1-2H3. The zero-order chi connectivity index (χ0) is 13.3. The lowest BCUT2D eigenvalue weighted by molar-refractivity contribution is -0.132. The van der Waals surface area contributed by atoms with E-state index in [1.54, 1.807) is 13.8 Å². The molecule has 1 unspecified atom stereocenters. The molecule has 8 heteroatoms. The van der Waals surface area contributed by atoms with Crippen molar-refractivity contribution in [2.45, 2.75) is 25.0 Å². The normalized spacial score (nSPS) is 13.5. The average molecular weight is 302 g/mol. The van der Waals surface area contributed by atoms with Crippen LogP contribution in [0.4, 0.5) is 0 Å². The monoisotopic (exact) mass is 302 g/mol. The molecule has 0 aliphatic rings. The van der Waals surface area contributed by atoms with Gasteiger partial charge in [0, 0.05) is 22.9 Å². The molecule has 0 aliphatic carbocycles. The van der Waals surface area contributed by atoms with Crippen molar-refractivity contribution >= 4 is 37.7 Å². The first-order valence-electron chi connectivity index (χ1n) is 5.10. The van der Waals surface area contributed by atoms with Crippen LogP contribution >= 0.6 is 31.7 Å². The van der Waals surface area contributed by atoms with E-state index in [0.717, 1.165) is 20.9 Å². The van der Waals surface area contributed by atoms with Gasteiger partial charge in [0.25, 0.3) is 0 Å². The quantitative estimate of drug-likeness (QED) is 0.333. The first-order chi connectivity index (χ1) is 8.06. The maximum atomic E-state index is 10.9. The van der Waals surface area contributed by atoms with E-state index in [4.69, 9.17) is 9.29 Å². The fraction of sp³-hybridized carbons (Fsp3) is 0.889. The van der Waals surface area contributed by atoms with Crippen molar-refractivity contribution in [2.24, 2.45) is 5.92 Å². The van der Waals surface area contributed by atoms with Crippen molar-refractivity contribution in [3.63, 3.8) is 0 Å². The van der Waals surface area contributed by atoms with E-state index in [0.29, 0.717) is 6.42 Å². The number of hydrogen-bond donors (Lipinski definition) is 3. The summed E-state index contributed by atoms with van der Waals surface area (Å²) >= 11 is 0.898. The Labute approximate surface area is 113 Å². The van der Waals surface area contributed by atoms with E-state index in [1.165, 1.54) is 10.8 Å².